The van der Waals surface area contributed by atoms with Gasteiger partial charge in [-0.3, -0.25) is 0 Å². The number of hydrogen-bond donors (Lipinski definition) is 3. The Morgan fingerprint density at radius 2 is 1.89 bits per heavy atom. The van der Waals surface area contributed by atoms with Crippen molar-refractivity contribution in [3.63, 3.8) is 0 Å². The van der Waals surface area contributed by atoms with Gasteiger partial charge in [-0.1, -0.05) is 65.3 Å². The first-order valence-corrected chi connectivity index (χ1v) is 10.5. The molecule has 4 rings (SSSR count). The van der Waals surface area contributed by atoms with E-state index in [1.807, 2.05) is 12.3 Å². The van der Waals surface area contributed by atoms with Crippen LogP contribution in [0.2, 0.25) is 0 Å². The summed E-state index contributed by atoms with van der Waals surface area (Å²) in [6.07, 6.45) is 1.83. The number of nitrogens with one attached hydrogen (secondary N) is 3. The first-order valence-electron chi connectivity index (χ1n) is 9.70. The molecule has 28 heavy (non-hydrogen) atoms. The highest BCUT2D eigenvalue weighted by molar-refractivity contribution is 9.10. The molecule has 4 nitrogen and oxygen atoms in total. The third-order valence-corrected chi connectivity index (χ3v) is 5.76. The molecule has 0 saturated carbocycles. The van der Waals surface area contributed by atoms with E-state index in [1.54, 1.807) is 0 Å². The van der Waals surface area contributed by atoms with Crippen molar-refractivity contribution >= 4 is 27.4 Å². The molecule has 0 aliphatic carbocycles. The van der Waals surface area contributed by atoms with Gasteiger partial charge < -0.3 is 16.0 Å². The second-order valence-corrected chi connectivity index (χ2v) is 8.20. The topological polar surface area (TPSA) is 49.0 Å². The lowest BCUT2D eigenvalue weighted by Crippen LogP contribution is -2.45. The molecule has 3 N–H and O–H groups in total. The summed E-state index contributed by atoms with van der Waals surface area (Å²) in [5, 5.41) is 11.0. The van der Waals surface area contributed by atoms with Crippen LogP contribution in [0.5, 0.6) is 0 Å². The van der Waals surface area contributed by atoms with Crippen molar-refractivity contribution in [1.29, 1.82) is 0 Å². The minimum absolute atomic E-state index is 0.179. The molecule has 1 aliphatic rings. The number of nitrogens with zero attached hydrogens (tertiary/aromatic N) is 1. The maximum Gasteiger partial charge on any atom is 0.149 e. The molecule has 1 aliphatic heterocycles. The molecule has 5 heteroatoms. The van der Waals surface area contributed by atoms with Crippen molar-refractivity contribution in [2.75, 3.05) is 23.7 Å². The van der Waals surface area contributed by atoms with Crippen LogP contribution < -0.4 is 16.0 Å². The summed E-state index contributed by atoms with van der Waals surface area (Å²) in [5.41, 5.74) is 3.67. The van der Waals surface area contributed by atoms with Crippen LogP contribution in [0.15, 0.2) is 77.4 Å². The fourth-order valence-electron chi connectivity index (χ4n) is 3.70. The Kier molecular flexibility index (Phi) is 5.93. The summed E-state index contributed by atoms with van der Waals surface area (Å²) in [4.78, 5) is 4.49. The zero-order valence-electron chi connectivity index (χ0n) is 15.9. The molecule has 0 radical (unpaired) electrons. The monoisotopic (exact) mass is 436 g/mol. The first-order chi connectivity index (χ1) is 13.7. The van der Waals surface area contributed by atoms with Crippen molar-refractivity contribution in [1.82, 2.24) is 10.3 Å². The van der Waals surface area contributed by atoms with Gasteiger partial charge in [-0.2, -0.15) is 0 Å². The van der Waals surface area contributed by atoms with Crippen molar-refractivity contribution < 1.29 is 0 Å². The lowest BCUT2D eigenvalue weighted by Gasteiger charge is -2.35. The Labute approximate surface area is 174 Å². The van der Waals surface area contributed by atoms with Crippen LogP contribution in [0.25, 0.3) is 0 Å². The van der Waals surface area contributed by atoms with E-state index in [0.29, 0.717) is 5.92 Å². The highest BCUT2D eigenvalue weighted by Gasteiger charge is 2.27. The largest absolute Gasteiger partial charge is 0.380 e. The highest BCUT2D eigenvalue weighted by atomic mass is 79.9. The van der Waals surface area contributed by atoms with Gasteiger partial charge in [0.1, 0.15) is 5.82 Å². The second-order valence-electron chi connectivity index (χ2n) is 7.28. The number of benzene rings is 2. The molecule has 3 aromatic rings. The molecule has 144 valence electrons. The molecule has 0 spiro atoms. The number of fused-ring (bicyclic) bond motifs is 1. The van der Waals surface area contributed by atoms with Gasteiger partial charge in [0.2, 0.25) is 0 Å². The lowest BCUT2D eigenvalue weighted by molar-refractivity contribution is 0.453. The molecular formula is C23H25BrN4. The number of anilines is 2. The fourth-order valence-corrected chi connectivity index (χ4v) is 4.12. The molecule has 0 fully saturated rings. The Bertz CT molecular complexity index is 915. The minimum atomic E-state index is 0.179. The molecule has 2 heterocycles. The number of hydrogen-bond acceptors (Lipinski definition) is 4. The lowest BCUT2D eigenvalue weighted by atomic mass is 9.95. The van der Waals surface area contributed by atoms with Crippen LogP contribution in [-0.4, -0.2) is 24.1 Å². The van der Waals surface area contributed by atoms with Crippen LogP contribution >= 0.6 is 15.9 Å². The van der Waals surface area contributed by atoms with Gasteiger partial charge in [0.15, 0.2) is 0 Å². The minimum Gasteiger partial charge on any atom is -0.380 e. The zero-order valence-corrected chi connectivity index (χ0v) is 17.5. The van der Waals surface area contributed by atoms with E-state index in [9.17, 15) is 0 Å². The Morgan fingerprint density at radius 1 is 1.07 bits per heavy atom. The number of aromatic nitrogens is 1. The maximum atomic E-state index is 4.49. The third-order valence-electron chi connectivity index (χ3n) is 5.26. The zero-order chi connectivity index (χ0) is 19.3. The fraction of sp³-hybridized carbons (Fsp3) is 0.261. The molecule has 3 atom stereocenters. The van der Waals surface area contributed by atoms with Gasteiger partial charge in [-0.25, -0.2) is 4.98 Å². The Balaban J connectivity index is 1.52. The van der Waals surface area contributed by atoms with Gasteiger partial charge in [0, 0.05) is 23.8 Å². The summed E-state index contributed by atoms with van der Waals surface area (Å²) in [6, 6.07) is 23.6. The quantitative estimate of drug-likeness (QED) is 0.497. The Hall–Kier alpha value is -2.37. The van der Waals surface area contributed by atoms with E-state index in [2.05, 4.69) is 104 Å². The summed E-state index contributed by atoms with van der Waals surface area (Å²) in [6.45, 7) is 4.00. The molecular weight excluding hydrogens is 412 g/mol. The molecule has 0 unspecified atom stereocenters. The van der Waals surface area contributed by atoms with Crippen LogP contribution in [-0.2, 0) is 0 Å². The van der Waals surface area contributed by atoms with E-state index in [0.717, 1.165) is 29.1 Å². The van der Waals surface area contributed by atoms with E-state index in [4.69, 9.17) is 0 Å². The van der Waals surface area contributed by atoms with Crippen LogP contribution in [0.3, 0.4) is 0 Å². The first kappa shape index (κ1) is 19.0. The molecule has 0 saturated heterocycles. The Morgan fingerprint density at radius 3 is 2.71 bits per heavy atom. The smallest absolute Gasteiger partial charge is 0.149 e. The average molecular weight is 437 g/mol. The van der Waals surface area contributed by atoms with Gasteiger partial charge >= 0.3 is 0 Å². The normalized spacial score (nSPS) is 17.7. The highest BCUT2D eigenvalue weighted by Crippen LogP contribution is 2.29. The predicted molar refractivity (Wildman–Crippen MR) is 120 cm³/mol. The van der Waals surface area contributed by atoms with Crippen molar-refractivity contribution in [2.24, 2.45) is 0 Å². The third kappa shape index (κ3) is 4.37. The molecule has 2 aromatic carbocycles. The van der Waals surface area contributed by atoms with Crippen LogP contribution in [0.4, 0.5) is 11.5 Å². The average Bonchev–Trinajstić information content (AvgIpc) is 2.74. The van der Waals surface area contributed by atoms with Gasteiger partial charge in [-0.05, 0) is 41.3 Å². The summed E-state index contributed by atoms with van der Waals surface area (Å²) < 4.78 is 1.12. The second kappa shape index (κ2) is 8.76. The van der Waals surface area contributed by atoms with E-state index >= 15 is 0 Å². The number of pyridine rings is 1. The standard InChI is InChI=1S/C23H25BrN4/c1-16(18-9-5-10-19(24)13-18)14-27-22(17-7-3-2-4-8-17)21-15-26-20-11-6-12-25-23(20)28-21/h2-13,16,21-22,26-27H,14-15H2,1H3,(H,25,28)/t16-,21-,22-/m1/s1. The van der Waals surface area contributed by atoms with Crippen molar-refractivity contribution in [3.8, 4) is 0 Å². The molecule has 0 amide bonds. The van der Waals surface area contributed by atoms with Crippen LogP contribution in [0.1, 0.15) is 30.0 Å². The van der Waals surface area contributed by atoms with E-state index < -0.39 is 0 Å². The van der Waals surface area contributed by atoms with E-state index in [1.165, 1.54) is 11.1 Å². The molecule has 1 aromatic heterocycles. The van der Waals surface area contributed by atoms with Crippen molar-refractivity contribution in [2.45, 2.75) is 24.9 Å². The van der Waals surface area contributed by atoms with Crippen molar-refractivity contribution in [3.05, 3.63) is 88.5 Å². The summed E-state index contributed by atoms with van der Waals surface area (Å²) >= 11 is 3.58. The van der Waals surface area contributed by atoms with Gasteiger partial charge in [0.25, 0.3) is 0 Å². The van der Waals surface area contributed by atoms with Crippen LogP contribution in [0, 0.1) is 0 Å². The number of rotatable bonds is 6. The predicted octanol–water partition coefficient (Wildman–Crippen LogP) is 5.18. The summed E-state index contributed by atoms with van der Waals surface area (Å²) in [7, 11) is 0. The maximum absolute atomic E-state index is 4.49. The SMILES string of the molecule is C[C@H](CN[C@H](c1ccccc1)[C@H]1CNc2cccnc2N1)c1cccc(Br)c1. The van der Waals surface area contributed by atoms with E-state index in [-0.39, 0.29) is 12.1 Å². The number of halogens is 1. The van der Waals surface area contributed by atoms with Gasteiger partial charge in [0.05, 0.1) is 17.8 Å². The molecule has 0 bridgehead atoms. The summed E-state index contributed by atoms with van der Waals surface area (Å²) in [5.74, 6) is 1.33. The van der Waals surface area contributed by atoms with Gasteiger partial charge in [-0.15, -0.1) is 0 Å².